The molecule has 1 unspecified atom stereocenters. The van der Waals surface area contributed by atoms with Crippen LogP contribution < -0.4 is 10.9 Å². The third-order valence-corrected chi connectivity index (χ3v) is 1.33. The fourth-order valence-corrected chi connectivity index (χ4v) is 0.719. The largest absolute Gasteiger partial charge is 0.384 e. The van der Waals surface area contributed by atoms with E-state index in [0.29, 0.717) is 6.54 Å². The minimum atomic E-state index is -0.695. The maximum Gasteiger partial charge on any atom is 0.293 e. The first-order valence-corrected chi connectivity index (χ1v) is 3.52. The second-order valence-corrected chi connectivity index (χ2v) is 2.21. The summed E-state index contributed by atoms with van der Waals surface area (Å²) in [6.45, 7) is 0.522. The highest BCUT2D eigenvalue weighted by molar-refractivity contribution is 5.79. The van der Waals surface area contributed by atoms with Crippen molar-refractivity contribution in [3.63, 3.8) is 0 Å². The second-order valence-electron chi connectivity index (χ2n) is 2.21. The number of carbonyl (C=O) groups is 1. The molecule has 1 atom stereocenters. The lowest BCUT2D eigenvalue weighted by atomic mass is 10.1. The zero-order valence-corrected chi connectivity index (χ0v) is 7.16. The van der Waals surface area contributed by atoms with E-state index in [1.807, 2.05) is 0 Å². The average Bonchev–Trinajstić information content (AvgIpc) is 2.11. The first kappa shape index (κ1) is 11.2. The van der Waals surface area contributed by atoms with Crippen molar-refractivity contribution in [1.29, 1.82) is 0 Å². The number of nitroso groups, excluding NO2 is 1. The molecule has 1 amide bonds. The Hall–Kier alpha value is -0.850. The zero-order valence-electron chi connectivity index (χ0n) is 7.16. The predicted molar refractivity (Wildman–Crippen MR) is 43.2 cm³/mol. The third kappa shape index (κ3) is 4.12. The number of hydrogen-bond acceptors (Lipinski definition) is 5. The second kappa shape index (κ2) is 6.84. The lowest BCUT2D eigenvalue weighted by molar-refractivity contribution is -0.123. The Labute approximate surface area is 70.6 Å². The van der Waals surface area contributed by atoms with Gasteiger partial charge in [0.1, 0.15) is 0 Å². The fourth-order valence-electron chi connectivity index (χ4n) is 0.719. The van der Waals surface area contributed by atoms with Crippen molar-refractivity contribution in [2.45, 2.75) is 0 Å². The summed E-state index contributed by atoms with van der Waals surface area (Å²) in [6.07, 6.45) is 0. The summed E-state index contributed by atoms with van der Waals surface area (Å²) in [5, 5.41) is 2.32. The molecular formula is C6H13N3O3. The van der Waals surface area contributed by atoms with Crippen LogP contribution in [-0.4, -0.2) is 33.2 Å². The molecule has 0 aliphatic heterocycles. The first-order valence-electron chi connectivity index (χ1n) is 3.52. The minimum Gasteiger partial charge on any atom is -0.384 e. The van der Waals surface area contributed by atoms with Gasteiger partial charge in [0.25, 0.3) is 5.91 Å². The number of amides is 1. The quantitative estimate of drug-likeness (QED) is 0.411. The van der Waals surface area contributed by atoms with Crippen molar-refractivity contribution < 1.29 is 9.53 Å². The van der Waals surface area contributed by atoms with Gasteiger partial charge in [-0.25, -0.2) is 0 Å². The Morgan fingerprint density at radius 1 is 1.67 bits per heavy atom. The molecule has 0 saturated heterocycles. The number of rotatable bonds is 6. The molecule has 0 aromatic rings. The number of nitrogens with zero attached hydrogens (tertiary/aromatic N) is 1. The Kier molecular flexibility index (Phi) is 6.35. The van der Waals surface area contributed by atoms with Crippen molar-refractivity contribution >= 4 is 5.91 Å². The molecule has 6 heteroatoms. The van der Waals surface area contributed by atoms with Crippen LogP contribution in [0.1, 0.15) is 0 Å². The van der Waals surface area contributed by atoms with Crippen molar-refractivity contribution in [3.8, 4) is 0 Å². The number of hydrazine groups is 1. The number of ether oxygens (including phenoxy) is 1. The maximum atomic E-state index is 10.8. The van der Waals surface area contributed by atoms with E-state index in [9.17, 15) is 9.70 Å². The van der Waals surface area contributed by atoms with Gasteiger partial charge in [-0.05, 0) is 7.05 Å². The molecule has 0 aliphatic rings. The molecule has 12 heavy (non-hydrogen) atoms. The van der Waals surface area contributed by atoms with E-state index in [-0.39, 0.29) is 6.61 Å². The normalized spacial score (nSPS) is 12.5. The van der Waals surface area contributed by atoms with Crippen LogP contribution in [0.4, 0.5) is 0 Å². The van der Waals surface area contributed by atoms with Crippen LogP contribution in [0.3, 0.4) is 0 Å². The van der Waals surface area contributed by atoms with E-state index in [1.165, 1.54) is 7.11 Å². The van der Waals surface area contributed by atoms with E-state index in [1.54, 1.807) is 7.05 Å². The molecule has 0 saturated carbocycles. The minimum absolute atomic E-state index is 0.194. The molecule has 0 fully saturated rings. The molecule has 0 heterocycles. The average molecular weight is 175 g/mol. The Bertz CT molecular complexity index is 151. The summed E-state index contributed by atoms with van der Waals surface area (Å²) < 4.78 is 4.74. The van der Waals surface area contributed by atoms with Crippen molar-refractivity contribution in [1.82, 2.24) is 10.9 Å². The molecule has 6 nitrogen and oxygen atoms in total. The van der Waals surface area contributed by atoms with Crippen LogP contribution in [0.25, 0.3) is 0 Å². The summed E-state index contributed by atoms with van der Waals surface area (Å²) in [7, 11) is 3.13. The number of hydrogen-bond donors (Lipinski definition) is 2. The topological polar surface area (TPSA) is 79.8 Å². The number of nitrogens with one attached hydrogen (secondary N) is 2. The van der Waals surface area contributed by atoms with Crippen molar-refractivity contribution in [3.05, 3.63) is 4.91 Å². The van der Waals surface area contributed by atoms with Gasteiger partial charge in [-0.1, -0.05) is 0 Å². The molecule has 0 radical (unpaired) electrons. The maximum absolute atomic E-state index is 10.8. The highest BCUT2D eigenvalue weighted by Gasteiger charge is 2.18. The van der Waals surface area contributed by atoms with Gasteiger partial charge in [0.15, 0.2) is 0 Å². The summed E-state index contributed by atoms with van der Waals surface area (Å²) in [5.41, 5.74) is 5.33. The van der Waals surface area contributed by atoms with Crippen LogP contribution >= 0.6 is 0 Å². The summed E-state index contributed by atoms with van der Waals surface area (Å²) in [4.78, 5) is 20.7. The monoisotopic (exact) mass is 175 g/mol. The van der Waals surface area contributed by atoms with E-state index in [4.69, 9.17) is 4.74 Å². The van der Waals surface area contributed by atoms with E-state index >= 15 is 0 Å². The molecule has 70 valence electrons. The molecule has 0 aliphatic carbocycles. The lowest BCUT2D eigenvalue weighted by Crippen LogP contribution is -2.37. The molecular weight excluding hydrogens is 162 g/mol. The molecule has 0 rings (SSSR count). The van der Waals surface area contributed by atoms with E-state index in [0.717, 1.165) is 0 Å². The summed E-state index contributed by atoms with van der Waals surface area (Å²) >= 11 is 0. The Balaban J connectivity index is 3.84. The predicted octanol–water partition coefficient (Wildman–Crippen LogP) is -0.734. The highest BCUT2D eigenvalue weighted by atomic mass is 16.5. The third-order valence-electron chi connectivity index (χ3n) is 1.33. The zero-order chi connectivity index (χ0) is 9.40. The summed E-state index contributed by atoms with van der Waals surface area (Å²) in [5.74, 6) is -1.21. The van der Waals surface area contributed by atoms with E-state index in [2.05, 4.69) is 16.0 Å². The van der Waals surface area contributed by atoms with Gasteiger partial charge in [0, 0.05) is 18.8 Å². The number of methoxy groups -OCH3 is 1. The van der Waals surface area contributed by atoms with Crippen molar-refractivity contribution in [2.75, 3.05) is 27.3 Å². The van der Waals surface area contributed by atoms with Crippen LogP contribution in [0.15, 0.2) is 5.18 Å². The molecule has 0 aromatic heterocycles. The molecule has 2 N–H and O–H groups in total. The first-order chi connectivity index (χ1) is 5.76. The van der Waals surface area contributed by atoms with Crippen LogP contribution in [-0.2, 0) is 9.53 Å². The molecule has 0 aromatic carbocycles. The molecule has 0 spiro atoms. The van der Waals surface area contributed by atoms with Gasteiger partial charge in [0.05, 0.1) is 12.5 Å². The summed E-state index contributed by atoms with van der Waals surface area (Å²) in [6, 6.07) is 0. The standard InChI is InChI=1S/C6H13N3O3/c1-7-8-3-5(4-12-2)6(10)9-11/h5,7-8H,3-4H2,1-2H3. The van der Waals surface area contributed by atoms with Crippen LogP contribution in [0, 0.1) is 10.8 Å². The van der Waals surface area contributed by atoms with Gasteiger partial charge in [0.2, 0.25) is 0 Å². The van der Waals surface area contributed by atoms with E-state index < -0.39 is 11.8 Å². The number of carbonyl (C=O) groups excluding carboxylic acids is 1. The fraction of sp³-hybridized carbons (Fsp3) is 0.833. The SMILES string of the molecule is CNNCC(COC)C(=O)N=O. The van der Waals surface area contributed by atoms with Gasteiger partial charge in [-0.3, -0.25) is 15.6 Å². The molecule has 0 bridgehead atoms. The highest BCUT2D eigenvalue weighted by Crippen LogP contribution is 1.97. The van der Waals surface area contributed by atoms with Crippen LogP contribution in [0.5, 0.6) is 0 Å². The van der Waals surface area contributed by atoms with Gasteiger partial charge >= 0.3 is 0 Å². The van der Waals surface area contributed by atoms with Gasteiger partial charge in [-0.2, -0.15) is 0 Å². The van der Waals surface area contributed by atoms with Crippen LogP contribution in [0.2, 0.25) is 0 Å². The van der Waals surface area contributed by atoms with Gasteiger partial charge < -0.3 is 4.74 Å². The Morgan fingerprint density at radius 2 is 2.33 bits per heavy atom. The lowest BCUT2D eigenvalue weighted by Gasteiger charge is -2.10. The smallest absolute Gasteiger partial charge is 0.293 e. The Morgan fingerprint density at radius 3 is 2.75 bits per heavy atom. The van der Waals surface area contributed by atoms with Gasteiger partial charge in [-0.15, -0.1) is 4.91 Å². The van der Waals surface area contributed by atoms with Crippen molar-refractivity contribution in [2.24, 2.45) is 11.1 Å².